The maximum atomic E-state index is 12.7. The normalized spacial score (nSPS) is 48.7. The van der Waals surface area contributed by atoms with Gasteiger partial charge < -0.3 is 9.84 Å². The van der Waals surface area contributed by atoms with Gasteiger partial charge in [0, 0.05) is 12.3 Å². The van der Waals surface area contributed by atoms with Gasteiger partial charge in [-0.15, -0.1) is 0 Å². The van der Waals surface area contributed by atoms with Crippen molar-refractivity contribution in [3.63, 3.8) is 0 Å². The maximum Gasteiger partial charge on any atom is 0.303 e. The molecule has 3 saturated carbocycles. The van der Waals surface area contributed by atoms with E-state index in [4.69, 9.17) is 4.74 Å². The summed E-state index contributed by atoms with van der Waals surface area (Å²) in [6.45, 7) is 7.64. The lowest BCUT2D eigenvalue weighted by molar-refractivity contribution is -0.186. The van der Waals surface area contributed by atoms with Gasteiger partial charge in [-0.2, -0.15) is 0 Å². The van der Waals surface area contributed by atoms with Gasteiger partial charge in [0.1, 0.15) is 0 Å². The van der Waals surface area contributed by atoms with Crippen LogP contribution in [0.3, 0.4) is 0 Å². The van der Waals surface area contributed by atoms with Crippen LogP contribution in [0.15, 0.2) is 11.6 Å². The molecule has 0 heterocycles. The first-order chi connectivity index (χ1) is 12.6. The van der Waals surface area contributed by atoms with E-state index in [1.807, 2.05) is 0 Å². The predicted molar refractivity (Wildman–Crippen MR) is 103 cm³/mol. The molecule has 4 aliphatic carbocycles. The van der Waals surface area contributed by atoms with Crippen LogP contribution >= 0.6 is 0 Å². The summed E-state index contributed by atoms with van der Waals surface area (Å²) in [4.78, 5) is 24.6. The van der Waals surface area contributed by atoms with Crippen molar-refractivity contribution in [2.45, 2.75) is 90.8 Å². The standard InChI is InChI=1S/C23H34O4/c1-14(24)23(27-15(2)25)12-9-20-18-6-5-16-13-17(26)7-10-21(16,3)19(18)8-11-22(20,23)4/h5,17-20,26H,6-13H2,1-4H3/t17?,18?,19?,20?,21-,22-,23-/m0/s1. The summed E-state index contributed by atoms with van der Waals surface area (Å²) in [6.07, 6.45) is 9.68. The van der Waals surface area contributed by atoms with Crippen LogP contribution in [0.5, 0.6) is 0 Å². The second kappa shape index (κ2) is 6.17. The van der Waals surface area contributed by atoms with Crippen molar-refractivity contribution >= 4 is 11.8 Å². The summed E-state index contributed by atoms with van der Waals surface area (Å²) < 4.78 is 5.82. The lowest BCUT2D eigenvalue weighted by Crippen LogP contribution is -2.58. The molecule has 0 spiro atoms. The van der Waals surface area contributed by atoms with Crippen molar-refractivity contribution in [3.05, 3.63) is 11.6 Å². The number of rotatable bonds is 2. The average Bonchev–Trinajstić information content (AvgIpc) is 2.89. The van der Waals surface area contributed by atoms with Gasteiger partial charge in [-0.3, -0.25) is 9.59 Å². The Kier molecular flexibility index (Phi) is 4.38. The number of carbonyl (C=O) groups is 2. The highest BCUT2D eigenvalue weighted by atomic mass is 16.6. The van der Waals surface area contributed by atoms with Gasteiger partial charge in [-0.05, 0) is 81.5 Å². The molecule has 1 N–H and O–H groups in total. The molecule has 27 heavy (non-hydrogen) atoms. The molecular formula is C23H34O4. The Morgan fingerprint density at radius 2 is 1.78 bits per heavy atom. The fourth-order valence-electron chi connectivity index (χ4n) is 7.70. The highest BCUT2D eigenvalue weighted by molar-refractivity contribution is 5.89. The van der Waals surface area contributed by atoms with Crippen LogP contribution in [0.1, 0.15) is 79.1 Å². The van der Waals surface area contributed by atoms with E-state index in [1.54, 1.807) is 6.92 Å². The predicted octanol–water partition coefficient (Wildman–Crippen LogP) is 4.20. The summed E-state index contributed by atoms with van der Waals surface area (Å²) in [5, 5.41) is 10.1. The van der Waals surface area contributed by atoms with Crippen molar-refractivity contribution in [1.29, 1.82) is 0 Å². The molecule has 0 aromatic carbocycles. The molecule has 4 heteroatoms. The third-order valence-electron chi connectivity index (χ3n) is 9.08. The van der Waals surface area contributed by atoms with Crippen molar-refractivity contribution in [1.82, 2.24) is 0 Å². The second-order valence-electron chi connectivity index (χ2n) is 10.1. The van der Waals surface area contributed by atoms with Crippen LogP contribution in [0.4, 0.5) is 0 Å². The number of esters is 1. The van der Waals surface area contributed by atoms with Crippen LogP contribution in [-0.2, 0) is 14.3 Å². The molecular weight excluding hydrogens is 340 g/mol. The molecule has 0 aliphatic heterocycles. The molecule has 4 rings (SSSR count). The molecule has 4 nitrogen and oxygen atoms in total. The Labute approximate surface area is 162 Å². The average molecular weight is 375 g/mol. The van der Waals surface area contributed by atoms with Crippen molar-refractivity contribution in [3.8, 4) is 0 Å². The first-order valence-corrected chi connectivity index (χ1v) is 10.7. The van der Waals surface area contributed by atoms with Crippen LogP contribution in [0.2, 0.25) is 0 Å². The lowest BCUT2D eigenvalue weighted by Gasteiger charge is -2.59. The molecule has 4 unspecified atom stereocenters. The third kappa shape index (κ3) is 2.51. The van der Waals surface area contributed by atoms with Crippen LogP contribution in [-0.4, -0.2) is 28.6 Å². The molecule has 4 aliphatic rings. The minimum atomic E-state index is -0.942. The SMILES string of the molecule is CC(=O)O[C@]1(C(C)=O)CCC2C3CC=C4CC(O)CC[C@]4(C)C3CC[C@@]21C. The fraction of sp³-hybridized carbons (Fsp3) is 0.826. The number of carbonyl (C=O) groups excluding carboxylic acids is 2. The number of aliphatic hydroxyl groups excluding tert-OH is 1. The van der Waals surface area contributed by atoms with Crippen molar-refractivity contribution in [2.75, 3.05) is 0 Å². The summed E-state index contributed by atoms with van der Waals surface area (Å²) in [6, 6.07) is 0. The van der Waals surface area contributed by atoms with Crippen molar-refractivity contribution < 1.29 is 19.4 Å². The zero-order valence-electron chi connectivity index (χ0n) is 17.2. The van der Waals surface area contributed by atoms with E-state index in [-0.39, 0.29) is 28.7 Å². The zero-order chi connectivity index (χ0) is 19.6. The van der Waals surface area contributed by atoms with Crippen LogP contribution in [0.25, 0.3) is 0 Å². The number of allylic oxidation sites excluding steroid dienone is 1. The number of ether oxygens (including phenoxy) is 1. The van der Waals surface area contributed by atoms with E-state index in [0.717, 1.165) is 44.9 Å². The highest BCUT2D eigenvalue weighted by Crippen LogP contribution is 2.68. The van der Waals surface area contributed by atoms with E-state index in [2.05, 4.69) is 19.9 Å². The number of hydrogen-bond acceptors (Lipinski definition) is 4. The lowest BCUT2D eigenvalue weighted by atomic mass is 9.46. The summed E-state index contributed by atoms with van der Waals surface area (Å²) in [5.74, 6) is 1.25. The van der Waals surface area contributed by atoms with Crippen molar-refractivity contribution in [2.24, 2.45) is 28.6 Å². The molecule has 0 amide bonds. The smallest absolute Gasteiger partial charge is 0.303 e. The highest BCUT2D eigenvalue weighted by Gasteiger charge is 2.67. The van der Waals surface area contributed by atoms with Crippen LogP contribution < -0.4 is 0 Å². The number of fused-ring (bicyclic) bond motifs is 5. The second-order valence-corrected chi connectivity index (χ2v) is 10.1. The number of Topliss-reactive ketones (excluding diaryl/α,β-unsaturated/α-hetero) is 1. The zero-order valence-corrected chi connectivity index (χ0v) is 17.2. The molecule has 0 aromatic heterocycles. The topological polar surface area (TPSA) is 63.6 Å². The fourth-order valence-corrected chi connectivity index (χ4v) is 7.70. The van der Waals surface area contributed by atoms with E-state index < -0.39 is 5.60 Å². The maximum absolute atomic E-state index is 12.7. The molecule has 0 saturated heterocycles. The first-order valence-electron chi connectivity index (χ1n) is 10.7. The molecule has 0 bridgehead atoms. The quantitative estimate of drug-likeness (QED) is 0.581. The van der Waals surface area contributed by atoms with Gasteiger partial charge in [-0.25, -0.2) is 0 Å². The molecule has 150 valence electrons. The number of aliphatic hydroxyl groups is 1. The van der Waals surface area contributed by atoms with E-state index in [0.29, 0.717) is 24.2 Å². The molecule has 0 radical (unpaired) electrons. The molecule has 7 atom stereocenters. The Balaban J connectivity index is 1.70. The molecule has 0 aromatic rings. The minimum absolute atomic E-state index is 0.0141. The summed E-state index contributed by atoms with van der Waals surface area (Å²) in [7, 11) is 0. The largest absolute Gasteiger partial charge is 0.451 e. The number of hydrogen-bond donors (Lipinski definition) is 1. The van der Waals surface area contributed by atoms with Gasteiger partial charge in [0.05, 0.1) is 6.10 Å². The monoisotopic (exact) mass is 374 g/mol. The van der Waals surface area contributed by atoms with Gasteiger partial charge >= 0.3 is 5.97 Å². The first kappa shape index (κ1) is 19.2. The number of ketones is 1. The third-order valence-corrected chi connectivity index (χ3v) is 9.08. The Hall–Kier alpha value is -1.16. The van der Waals surface area contributed by atoms with Gasteiger partial charge in [0.25, 0.3) is 0 Å². The molecule has 3 fully saturated rings. The van der Waals surface area contributed by atoms with Gasteiger partial charge in [-0.1, -0.05) is 25.5 Å². The van der Waals surface area contributed by atoms with Gasteiger partial charge in [0.15, 0.2) is 11.4 Å². The van der Waals surface area contributed by atoms with Gasteiger partial charge in [0.2, 0.25) is 0 Å². The minimum Gasteiger partial charge on any atom is -0.451 e. The van der Waals surface area contributed by atoms with E-state index >= 15 is 0 Å². The van der Waals surface area contributed by atoms with E-state index in [9.17, 15) is 14.7 Å². The summed E-state index contributed by atoms with van der Waals surface area (Å²) in [5.41, 5.74) is 0.442. The van der Waals surface area contributed by atoms with E-state index in [1.165, 1.54) is 12.5 Å². The Bertz CT molecular complexity index is 696. The Morgan fingerprint density at radius 3 is 2.44 bits per heavy atom. The summed E-state index contributed by atoms with van der Waals surface area (Å²) >= 11 is 0. The Morgan fingerprint density at radius 1 is 1.07 bits per heavy atom. The van der Waals surface area contributed by atoms with Crippen LogP contribution in [0, 0.1) is 28.6 Å².